The van der Waals surface area contributed by atoms with Crippen LogP contribution in [0.5, 0.6) is 17.4 Å². The Labute approximate surface area is 366 Å². The summed E-state index contributed by atoms with van der Waals surface area (Å²) in [5.41, 5.74) is -4.70. The highest BCUT2D eigenvalue weighted by atomic mass is 32.2. The molecule has 0 saturated carbocycles. The molecular weight excluding hydrogens is 877 g/mol. The standard InChI is InChI=1S/C44H42F8N6O5S/c1-42(2,3)63-41(59)58-24-11-16-30(58)36-37(44(50,51)52)62-39-31-35(54-40(64-6)55-38(31)57(36)21-24)33(46)34(53-39)28-17-25(18-29(45)32(28)43(47,48)49)56(19-22-7-12-26(60-4)13-8-22)20-23-9-14-27(61-5)15-10-23/h7-10,12-15,17-18,24,30,36-37H,11,16,19-21H2,1-6H3/t24-,30+,36+,37-/m1/s1. The molecule has 3 aliphatic heterocycles. The molecule has 2 bridgehead atoms. The van der Waals surface area contributed by atoms with Crippen molar-refractivity contribution in [2.24, 2.45) is 0 Å². The van der Waals surface area contributed by atoms with E-state index in [0.29, 0.717) is 35.1 Å². The van der Waals surface area contributed by atoms with E-state index >= 15 is 35.1 Å². The van der Waals surface area contributed by atoms with E-state index in [1.165, 1.54) is 30.3 Å². The predicted molar refractivity (Wildman–Crippen MR) is 222 cm³/mol. The summed E-state index contributed by atoms with van der Waals surface area (Å²) in [7, 11) is 2.95. The van der Waals surface area contributed by atoms with E-state index in [2.05, 4.69) is 15.0 Å². The molecule has 2 saturated heterocycles. The smallest absolute Gasteiger partial charge is 0.427 e. The van der Waals surface area contributed by atoms with Gasteiger partial charge in [-0.05, 0) is 87.4 Å². The fourth-order valence-electron chi connectivity index (χ4n) is 8.68. The largest absolute Gasteiger partial charge is 0.497 e. The van der Waals surface area contributed by atoms with Crippen LogP contribution in [0.1, 0.15) is 50.3 Å². The molecule has 2 aromatic heterocycles. The summed E-state index contributed by atoms with van der Waals surface area (Å²) >= 11 is 0.912. The monoisotopic (exact) mass is 918 g/mol. The highest BCUT2D eigenvalue weighted by molar-refractivity contribution is 7.98. The number of pyridine rings is 1. The second kappa shape index (κ2) is 16.6. The van der Waals surface area contributed by atoms with Gasteiger partial charge in [-0.3, -0.25) is 4.90 Å². The fraction of sp³-hybridized carbons (Fsp3) is 0.409. The van der Waals surface area contributed by atoms with Gasteiger partial charge >= 0.3 is 18.4 Å². The van der Waals surface area contributed by atoms with Crippen LogP contribution in [0.25, 0.3) is 22.2 Å². The van der Waals surface area contributed by atoms with Gasteiger partial charge in [-0.15, -0.1) is 0 Å². The molecule has 0 unspecified atom stereocenters. The number of nitrogens with zero attached hydrogens (tertiary/aromatic N) is 6. The molecule has 11 nitrogen and oxygen atoms in total. The molecule has 0 spiro atoms. The van der Waals surface area contributed by atoms with Gasteiger partial charge in [-0.2, -0.15) is 26.3 Å². The zero-order valence-corrected chi connectivity index (χ0v) is 36.1. The van der Waals surface area contributed by atoms with E-state index in [0.717, 1.165) is 17.8 Å². The Hall–Kier alpha value is -5.79. The highest BCUT2D eigenvalue weighted by Gasteiger charge is 2.61. The third kappa shape index (κ3) is 8.47. The Morgan fingerprint density at radius 3 is 2.02 bits per heavy atom. The molecule has 2 fully saturated rings. The second-order valence-corrected chi connectivity index (χ2v) is 17.4. The Morgan fingerprint density at radius 1 is 0.875 bits per heavy atom. The maximum atomic E-state index is 17.4. The number of benzene rings is 3. The molecule has 0 N–H and O–H groups in total. The van der Waals surface area contributed by atoms with Gasteiger partial charge < -0.3 is 28.7 Å². The number of anilines is 2. The molecule has 0 radical (unpaired) electrons. The normalized spacial score (nSPS) is 19.5. The Bertz CT molecular complexity index is 2530. The van der Waals surface area contributed by atoms with Crippen LogP contribution in [-0.2, 0) is 24.0 Å². The lowest BCUT2D eigenvalue weighted by atomic mass is 9.96. The Morgan fingerprint density at radius 2 is 1.48 bits per heavy atom. The number of hydrogen-bond acceptors (Lipinski definition) is 11. The molecular formula is C44H42F8N6O5S. The van der Waals surface area contributed by atoms with Crippen molar-refractivity contribution < 1.29 is 58.9 Å². The SMILES string of the molecule is COc1ccc(CN(Cc2ccc(OC)cc2)c2cc(F)c(C(F)(F)F)c(-c3nc4c5c(nc(SC)nc5c3F)N3C[C@H]5CC[C@@H]([C@H]3[C@H](C(F)(F)F)O4)N5C(=O)OC(C)(C)C)c2)cc1. The second-order valence-electron chi connectivity index (χ2n) is 16.6. The lowest BCUT2D eigenvalue weighted by molar-refractivity contribution is -0.206. The number of fused-ring (bicyclic) bond motifs is 5. The van der Waals surface area contributed by atoms with Gasteiger partial charge in [0.2, 0.25) is 12.0 Å². The lowest BCUT2D eigenvalue weighted by Gasteiger charge is -2.48. The fourth-order valence-corrected chi connectivity index (χ4v) is 9.04. The van der Waals surface area contributed by atoms with Crippen LogP contribution in [0.2, 0.25) is 0 Å². The van der Waals surface area contributed by atoms with Gasteiger partial charge in [-0.1, -0.05) is 36.0 Å². The van der Waals surface area contributed by atoms with Crippen LogP contribution in [0.4, 0.5) is 51.4 Å². The van der Waals surface area contributed by atoms with Crippen LogP contribution in [0.3, 0.4) is 0 Å². The molecule has 8 rings (SSSR count). The minimum Gasteiger partial charge on any atom is -0.497 e. The first-order chi connectivity index (χ1) is 30.2. The van der Waals surface area contributed by atoms with Crippen molar-refractivity contribution in [1.82, 2.24) is 19.9 Å². The number of methoxy groups -OCH3 is 2. The average Bonchev–Trinajstić information content (AvgIpc) is 3.47. The first-order valence-electron chi connectivity index (χ1n) is 20.1. The van der Waals surface area contributed by atoms with Crippen LogP contribution >= 0.6 is 11.8 Å². The predicted octanol–water partition coefficient (Wildman–Crippen LogP) is 10.2. The van der Waals surface area contributed by atoms with Crippen molar-refractivity contribution in [2.45, 2.75) is 94.0 Å². The molecule has 3 aliphatic rings. The first kappa shape index (κ1) is 44.8. The van der Waals surface area contributed by atoms with Crippen molar-refractivity contribution in [3.63, 3.8) is 0 Å². The zero-order chi connectivity index (χ0) is 46.0. The number of piperazine rings is 1. The van der Waals surface area contributed by atoms with Gasteiger partial charge in [0.15, 0.2) is 11.0 Å². The molecule has 4 atom stereocenters. The molecule has 5 heterocycles. The molecule has 1 amide bonds. The minimum absolute atomic E-state index is 0.00287. The summed E-state index contributed by atoms with van der Waals surface area (Å²) in [6, 6.07) is 11.6. The number of halogens is 8. The number of hydrogen-bond donors (Lipinski definition) is 0. The molecule has 3 aromatic carbocycles. The molecule has 0 aliphatic carbocycles. The van der Waals surface area contributed by atoms with Crippen LogP contribution < -0.4 is 24.0 Å². The van der Waals surface area contributed by atoms with Gasteiger partial charge in [0.05, 0.1) is 32.3 Å². The van der Waals surface area contributed by atoms with E-state index in [9.17, 15) is 4.79 Å². The maximum Gasteiger partial charge on any atom is 0.427 e. The quantitative estimate of drug-likeness (QED) is 0.0802. The van der Waals surface area contributed by atoms with Gasteiger partial charge in [0, 0.05) is 30.9 Å². The summed E-state index contributed by atoms with van der Waals surface area (Å²) in [5, 5.41) is -0.552. The number of amides is 1. The van der Waals surface area contributed by atoms with Crippen LogP contribution in [-0.4, -0.2) is 89.0 Å². The van der Waals surface area contributed by atoms with E-state index in [-0.39, 0.29) is 42.7 Å². The summed E-state index contributed by atoms with van der Waals surface area (Å²) in [6.45, 7) is 4.67. The Kier molecular flexibility index (Phi) is 11.7. The third-order valence-corrected chi connectivity index (χ3v) is 11.9. The summed E-state index contributed by atoms with van der Waals surface area (Å²) in [4.78, 5) is 30.6. The molecule has 5 aromatic rings. The molecule has 64 heavy (non-hydrogen) atoms. The summed E-state index contributed by atoms with van der Waals surface area (Å²) in [5.74, 6) is -3.33. The van der Waals surface area contributed by atoms with E-state index in [1.807, 2.05) is 0 Å². The number of ether oxygens (including phenoxy) is 4. The lowest BCUT2D eigenvalue weighted by Crippen LogP contribution is -2.68. The van der Waals surface area contributed by atoms with Crippen molar-refractivity contribution in [3.05, 3.63) is 89.0 Å². The summed E-state index contributed by atoms with van der Waals surface area (Å²) < 4.78 is 147. The zero-order valence-electron chi connectivity index (χ0n) is 35.3. The van der Waals surface area contributed by atoms with Crippen LogP contribution in [0, 0.1) is 11.6 Å². The minimum atomic E-state index is -5.45. The number of carbonyl (C=O) groups is 1. The Balaban J connectivity index is 1.32. The van der Waals surface area contributed by atoms with Crippen molar-refractivity contribution in [1.29, 1.82) is 0 Å². The highest BCUT2D eigenvalue weighted by Crippen LogP contribution is 2.50. The number of aromatic nitrogens is 3. The van der Waals surface area contributed by atoms with Gasteiger partial charge in [0.25, 0.3) is 0 Å². The number of carbonyl (C=O) groups excluding carboxylic acids is 1. The van der Waals surface area contributed by atoms with Gasteiger partial charge in [-0.25, -0.2) is 28.5 Å². The van der Waals surface area contributed by atoms with Crippen molar-refractivity contribution in [3.8, 4) is 28.6 Å². The van der Waals surface area contributed by atoms with E-state index in [4.69, 9.17) is 18.9 Å². The average molecular weight is 919 g/mol. The first-order valence-corrected chi connectivity index (χ1v) is 21.3. The number of alkyl halides is 6. The number of rotatable bonds is 9. The molecule has 20 heteroatoms. The number of thioether (sulfide) groups is 1. The van der Waals surface area contributed by atoms with Crippen molar-refractivity contribution >= 4 is 40.3 Å². The summed E-state index contributed by atoms with van der Waals surface area (Å²) in [6.07, 6.45) is -12.3. The van der Waals surface area contributed by atoms with E-state index in [1.54, 1.807) is 74.2 Å². The van der Waals surface area contributed by atoms with Crippen molar-refractivity contribution in [2.75, 3.05) is 36.8 Å². The maximum absolute atomic E-state index is 17.4. The van der Waals surface area contributed by atoms with Gasteiger partial charge in [0.1, 0.15) is 50.9 Å². The van der Waals surface area contributed by atoms with Crippen LogP contribution in [0.15, 0.2) is 65.8 Å². The van der Waals surface area contributed by atoms with E-state index < -0.39 is 93.5 Å². The third-order valence-electron chi connectivity index (χ3n) is 11.4. The molecule has 340 valence electrons. The topological polar surface area (TPSA) is 102 Å².